The minimum absolute atomic E-state index is 0.319. The zero-order chi connectivity index (χ0) is 18.2. The summed E-state index contributed by atoms with van der Waals surface area (Å²) in [6, 6.07) is 5.99. The highest BCUT2D eigenvalue weighted by Gasteiger charge is 2.24. The largest absolute Gasteiger partial charge is 0.383 e. The second-order valence-corrected chi connectivity index (χ2v) is 7.40. The van der Waals surface area contributed by atoms with Crippen molar-refractivity contribution in [3.05, 3.63) is 24.4 Å². The van der Waals surface area contributed by atoms with Gasteiger partial charge in [-0.1, -0.05) is 6.07 Å². The summed E-state index contributed by atoms with van der Waals surface area (Å²) in [5.74, 6) is 1.98. The van der Waals surface area contributed by atoms with E-state index in [1.54, 1.807) is 7.11 Å². The zero-order valence-electron chi connectivity index (χ0n) is 16.0. The molecule has 26 heavy (non-hydrogen) atoms. The lowest BCUT2D eigenvalue weighted by molar-refractivity contribution is -0.131. The molecule has 0 aromatic carbocycles. The number of pyridine rings is 1. The Hall–Kier alpha value is -1.66. The third kappa shape index (κ3) is 5.42. The summed E-state index contributed by atoms with van der Waals surface area (Å²) in [6.45, 7) is 7.45. The van der Waals surface area contributed by atoms with Crippen LogP contribution in [0.4, 0.5) is 5.82 Å². The van der Waals surface area contributed by atoms with Crippen LogP contribution in [-0.2, 0) is 9.53 Å². The average molecular weight is 361 g/mol. The van der Waals surface area contributed by atoms with Crippen LogP contribution >= 0.6 is 0 Å². The molecule has 1 amide bonds. The van der Waals surface area contributed by atoms with E-state index in [1.165, 1.54) is 19.4 Å². The molecule has 0 spiro atoms. The van der Waals surface area contributed by atoms with Gasteiger partial charge in [0.25, 0.3) is 0 Å². The van der Waals surface area contributed by atoms with Crippen LogP contribution in [0.25, 0.3) is 0 Å². The topological polar surface area (TPSA) is 48.9 Å². The van der Waals surface area contributed by atoms with Crippen molar-refractivity contribution in [3.8, 4) is 0 Å². The van der Waals surface area contributed by atoms with Gasteiger partial charge in [0.15, 0.2) is 0 Å². The third-order valence-corrected chi connectivity index (χ3v) is 5.59. The number of anilines is 1. The molecule has 144 valence electrons. The smallest absolute Gasteiger partial charge is 0.222 e. The van der Waals surface area contributed by atoms with Crippen LogP contribution < -0.4 is 4.90 Å². The molecule has 1 atom stereocenters. The van der Waals surface area contributed by atoms with E-state index in [1.807, 2.05) is 29.3 Å². The summed E-state index contributed by atoms with van der Waals surface area (Å²) in [5, 5.41) is 0. The SMILES string of the molecule is COCCN1CCC[C@H](CCC(=O)N2CCN(c3ccccn3)CC2)C1. The Morgan fingerprint density at radius 1 is 1.23 bits per heavy atom. The number of carbonyl (C=O) groups is 1. The average Bonchev–Trinajstić information content (AvgIpc) is 2.71. The number of rotatable bonds is 7. The number of carbonyl (C=O) groups excluding carboxylic acids is 1. The minimum Gasteiger partial charge on any atom is -0.383 e. The van der Waals surface area contributed by atoms with Crippen LogP contribution in [0.15, 0.2) is 24.4 Å². The Bertz CT molecular complexity index is 546. The standard InChI is InChI=1S/C20H32N4O2/c1-26-16-15-22-10-4-5-18(17-22)7-8-20(25)24-13-11-23(12-14-24)19-6-2-3-9-21-19/h2-3,6,9,18H,4-5,7-8,10-17H2,1H3/t18-/m1/s1. The molecule has 1 aromatic heterocycles. The third-order valence-electron chi connectivity index (χ3n) is 5.59. The number of likely N-dealkylation sites (tertiary alicyclic amines) is 1. The molecule has 0 saturated carbocycles. The van der Waals surface area contributed by atoms with Crippen LogP contribution in [0.5, 0.6) is 0 Å². The van der Waals surface area contributed by atoms with Gasteiger partial charge < -0.3 is 19.4 Å². The minimum atomic E-state index is 0.319. The highest BCUT2D eigenvalue weighted by atomic mass is 16.5. The van der Waals surface area contributed by atoms with Crippen molar-refractivity contribution < 1.29 is 9.53 Å². The zero-order valence-corrected chi connectivity index (χ0v) is 16.0. The van der Waals surface area contributed by atoms with E-state index in [0.29, 0.717) is 18.2 Å². The molecular formula is C20H32N4O2. The molecule has 2 aliphatic rings. The van der Waals surface area contributed by atoms with Gasteiger partial charge in [-0.25, -0.2) is 4.98 Å². The lowest BCUT2D eigenvalue weighted by Crippen LogP contribution is -2.49. The maximum atomic E-state index is 12.6. The molecule has 0 N–H and O–H groups in total. The van der Waals surface area contributed by atoms with Gasteiger partial charge in [-0.2, -0.15) is 0 Å². The van der Waals surface area contributed by atoms with Crippen molar-refractivity contribution in [2.24, 2.45) is 5.92 Å². The maximum Gasteiger partial charge on any atom is 0.222 e. The summed E-state index contributed by atoms with van der Waals surface area (Å²) in [7, 11) is 1.76. The number of methoxy groups -OCH3 is 1. The first-order valence-electron chi connectivity index (χ1n) is 9.91. The van der Waals surface area contributed by atoms with Crippen LogP contribution in [0.3, 0.4) is 0 Å². The van der Waals surface area contributed by atoms with Crippen LogP contribution in [0.1, 0.15) is 25.7 Å². The van der Waals surface area contributed by atoms with Gasteiger partial charge in [-0.15, -0.1) is 0 Å². The fourth-order valence-electron chi connectivity index (χ4n) is 4.02. The van der Waals surface area contributed by atoms with Crippen molar-refractivity contribution in [1.82, 2.24) is 14.8 Å². The fourth-order valence-corrected chi connectivity index (χ4v) is 4.02. The summed E-state index contributed by atoms with van der Waals surface area (Å²) in [5.41, 5.74) is 0. The molecule has 6 nitrogen and oxygen atoms in total. The first-order valence-corrected chi connectivity index (χ1v) is 9.91. The Balaban J connectivity index is 1.38. The van der Waals surface area contributed by atoms with Gasteiger partial charge >= 0.3 is 0 Å². The van der Waals surface area contributed by atoms with Crippen molar-refractivity contribution >= 4 is 11.7 Å². The van der Waals surface area contributed by atoms with E-state index < -0.39 is 0 Å². The number of hydrogen-bond donors (Lipinski definition) is 0. The Morgan fingerprint density at radius 3 is 2.81 bits per heavy atom. The number of aromatic nitrogens is 1. The van der Waals surface area contributed by atoms with E-state index in [0.717, 1.165) is 58.1 Å². The molecule has 2 saturated heterocycles. The summed E-state index contributed by atoms with van der Waals surface area (Å²) in [4.78, 5) is 23.8. The molecule has 0 bridgehead atoms. The molecule has 1 aromatic rings. The van der Waals surface area contributed by atoms with Gasteiger partial charge in [0.1, 0.15) is 5.82 Å². The molecule has 3 rings (SSSR count). The Morgan fingerprint density at radius 2 is 2.08 bits per heavy atom. The van der Waals surface area contributed by atoms with Crippen LogP contribution in [-0.4, -0.2) is 80.2 Å². The van der Waals surface area contributed by atoms with Crippen molar-refractivity contribution in [2.45, 2.75) is 25.7 Å². The van der Waals surface area contributed by atoms with E-state index >= 15 is 0 Å². The molecule has 2 aliphatic heterocycles. The van der Waals surface area contributed by atoms with Crippen LogP contribution in [0.2, 0.25) is 0 Å². The number of piperidine rings is 1. The highest BCUT2D eigenvalue weighted by molar-refractivity contribution is 5.76. The van der Waals surface area contributed by atoms with Gasteiger partial charge in [-0.3, -0.25) is 4.79 Å². The highest BCUT2D eigenvalue weighted by Crippen LogP contribution is 2.22. The van der Waals surface area contributed by atoms with E-state index in [4.69, 9.17) is 4.74 Å². The predicted molar refractivity (Wildman–Crippen MR) is 103 cm³/mol. The maximum absolute atomic E-state index is 12.6. The number of ether oxygens (including phenoxy) is 1. The molecule has 0 radical (unpaired) electrons. The molecule has 0 unspecified atom stereocenters. The number of nitrogens with zero attached hydrogens (tertiary/aromatic N) is 4. The molecule has 0 aliphatic carbocycles. The summed E-state index contributed by atoms with van der Waals surface area (Å²) >= 11 is 0. The molecule has 3 heterocycles. The Labute approximate surface area is 157 Å². The van der Waals surface area contributed by atoms with E-state index in [-0.39, 0.29) is 0 Å². The number of piperazine rings is 1. The first-order chi connectivity index (χ1) is 12.8. The molecule has 6 heteroatoms. The molecule has 2 fully saturated rings. The predicted octanol–water partition coefficient (Wildman–Crippen LogP) is 1.87. The quantitative estimate of drug-likeness (QED) is 0.743. The van der Waals surface area contributed by atoms with Gasteiger partial charge in [0, 0.05) is 59.0 Å². The lowest BCUT2D eigenvalue weighted by atomic mass is 9.93. The fraction of sp³-hybridized carbons (Fsp3) is 0.700. The summed E-state index contributed by atoms with van der Waals surface area (Å²) < 4.78 is 5.19. The van der Waals surface area contributed by atoms with Gasteiger partial charge in [0.2, 0.25) is 5.91 Å². The second-order valence-electron chi connectivity index (χ2n) is 7.40. The number of amides is 1. The monoisotopic (exact) mass is 360 g/mol. The van der Waals surface area contributed by atoms with Crippen molar-refractivity contribution in [1.29, 1.82) is 0 Å². The second kappa shape index (κ2) is 9.88. The van der Waals surface area contributed by atoms with Gasteiger partial charge in [0.05, 0.1) is 6.61 Å². The van der Waals surface area contributed by atoms with E-state index in [2.05, 4.69) is 14.8 Å². The Kier molecular flexibility index (Phi) is 7.26. The van der Waals surface area contributed by atoms with Crippen molar-refractivity contribution in [2.75, 3.05) is 64.4 Å². The normalized spacial score (nSPS) is 21.8. The molecular weight excluding hydrogens is 328 g/mol. The first kappa shape index (κ1) is 19.1. The summed E-state index contributed by atoms with van der Waals surface area (Å²) in [6.07, 6.45) is 6.03. The lowest BCUT2D eigenvalue weighted by Gasteiger charge is -2.36. The van der Waals surface area contributed by atoms with Crippen molar-refractivity contribution in [3.63, 3.8) is 0 Å². The van der Waals surface area contributed by atoms with E-state index in [9.17, 15) is 4.79 Å². The van der Waals surface area contributed by atoms with Crippen LogP contribution in [0, 0.1) is 5.92 Å². The number of hydrogen-bond acceptors (Lipinski definition) is 5. The van der Waals surface area contributed by atoms with Gasteiger partial charge in [-0.05, 0) is 43.9 Å².